The maximum absolute atomic E-state index is 8.77. The van der Waals surface area contributed by atoms with Crippen molar-refractivity contribution in [3.63, 3.8) is 0 Å². The van der Waals surface area contributed by atoms with E-state index in [1.54, 1.807) is 11.0 Å². The first kappa shape index (κ1) is 15.9. The quantitative estimate of drug-likeness (QED) is 0.437. The summed E-state index contributed by atoms with van der Waals surface area (Å²) in [6, 6.07) is 0.987. The number of phosphoric acid groups is 1. The topological polar surface area (TPSA) is 140 Å². The van der Waals surface area contributed by atoms with E-state index in [2.05, 4.69) is 24.1 Å². The Kier molecular flexibility index (Phi) is 5.30. The summed E-state index contributed by atoms with van der Waals surface area (Å²) in [6.45, 7) is 4.40. The minimum absolute atomic E-state index is 0.356. The summed E-state index contributed by atoms with van der Waals surface area (Å²) in [4.78, 5) is 24.6. The molecule has 1 aromatic heterocycles. The van der Waals surface area contributed by atoms with E-state index >= 15 is 0 Å². The van der Waals surface area contributed by atoms with Gasteiger partial charge in [-0.05, 0) is 33.1 Å². The summed E-state index contributed by atoms with van der Waals surface area (Å²) < 4.78 is 13.6. The fraction of sp³-hybridized carbons (Fsp3) is 0.778. The van der Waals surface area contributed by atoms with E-state index in [1.807, 2.05) is 0 Å². The molecule has 110 valence electrons. The molecule has 1 fully saturated rings. The second-order valence-electron chi connectivity index (χ2n) is 4.52. The number of hydrogen-bond donors (Lipinski definition) is 3. The fourth-order valence-corrected chi connectivity index (χ4v) is 2.17. The summed E-state index contributed by atoms with van der Waals surface area (Å²) in [5, 5.41) is 6.09. The van der Waals surface area contributed by atoms with Crippen molar-refractivity contribution >= 4 is 13.7 Å². The monoisotopic (exact) mass is 294 g/mol. The summed E-state index contributed by atoms with van der Waals surface area (Å²) >= 11 is 0. The lowest BCUT2D eigenvalue weighted by Crippen LogP contribution is -2.67. The minimum Gasteiger partial charge on any atom is -0.756 e. The molecule has 0 amide bonds. The molecule has 2 heterocycles. The standard InChI is InChI=1S/C9H17N4O.H3O4P/c1-7-4-3-5-8(2)13(7)12-6-9(10)14-11-12;1-5(2,3)4/h6-8H,3-5,10H2,1-2H3;(H3,1,2,3,4)/q+1;/p-1/t7-,8+;. The molecule has 19 heavy (non-hydrogen) atoms. The Hall–Kier alpha value is -1.15. The maximum atomic E-state index is 8.77. The van der Waals surface area contributed by atoms with E-state index in [0.717, 1.165) is 0 Å². The summed E-state index contributed by atoms with van der Waals surface area (Å²) in [5.41, 5.74) is 5.50. The highest BCUT2D eigenvalue weighted by Gasteiger charge is 2.33. The average Bonchev–Trinajstić information content (AvgIpc) is 2.62. The van der Waals surface area contributed by atoms with Crippen LogP contribution >= 0.6 is 7.82 Å². The molecule has 4 N–H and O–H groups in total. The fourth-order valence-electron chi connectivity index (χ4n) is 2.17. The van der Waals surface area contributed by atoms with Gasteiger partial charge in [-0.15, -0.1) is 5.01 Å². The van der Waals surface area contributed by atoms with Crippen LogP contribution in [-0.2, 0) is 4.57 Å². The van der Waals surface area contributed by atoms with Gasteiger partial charge in [0.2, 0.25) is 5.27 Å². The molecule has 1 aliphatic heterocycles. The van der Waals surface area contributed by atoms with Gasteiger partial charge in [-0.2, -0.15) is 0 Å². The highest BCUT2D eigenvalue weighted by atomic mass is 31.2. The van der Waals surface area contributed by atoms with Crippen LogP contribution in [0.25, 0.3) is 0 Å². The van der Waals surface area contributed by atoms with Crippen LogP contribution in [0.4, 0.5) is 5.88 Å². The molecular weight excluding hydrogens is 275 g/mol. The van der Waals surface area contributed by atoms with Crippen molar-refractivity contribution in [2.24, 2.45) is 0 Å². The number of piperidine rings is 1. The zero-order valence-corrected chi connectivity index (χ0v) is 11.7. The lowest BCUT2D eigenvalue weighted by molar-refractivity contribution is -0.765. The first-order valence-corrected chi connectivity index (χ1v) is 7.41. The van der Waals surface area contributed by atoms with Crippen LogP contribution in [0.3, 0.4) is 0 Å². The molecule has 0 saturated carbocycles. The Balaban J connectivity index is 0.000000312. The molecule has 9 nitrogen and oxygen atoms in total. The van der Waals surface area contributed by atoms with Crippen LogP contribution in [0.15, 0.2) is 10.7 Å². The third-order valence-corrected chi connectivity index (χ3v) is 2.86. The second kappa shape index (κ2) is 6.33. The molecule has 0 aromatic carbocycles. The van der Waals surface area contributed by atoms with Crippen LogP contribution < -0.4 is 20.4 Å². The van der Waals surface area contributed by atoms with Gasteiger partial charge in [0.1, 0.15) is 0 Å². The molecule has 0 bridgehead atoms. The van der Waals surface area contributed by atoms with Gasteiger partial charge in [-0.3, -0.25) is 9.09 Å². The molecule has 0 aliphatic carbocycles. The normalized spacial score (nSPS) is 23.7. The first-order valence-electron chi connectivity index (χ1n) is 5.87. The van der Waals surface area contributed by atoms with Crippen molar-refractivity contribution in [1.29, 1.82) is 0 Å². The molecule has 1 aliphatic rings. The molecule has 1 saturated heterocycles. The molecule has 2 atom stereocenters. The largest absolute Gasteiger partial charge is 0.756 e. The lowest BCUT2D eigenvalue weighted by atomic mass is 10.00. The van der Waals surface area contributed by atoms with E-state index in [9.17, 15) is 0 Å². The van der Waals surface area contributed by atoms with Crippen molar-refractivity contribution in [3.05, 3.63) is 6.20 Å². The van der Waals surface area contributed by atoms with E-state index in [-0.39, 0.29) is 0 Å². The first-order chi connectivity index (χ1) is 8.68. The number of rotatable bonds is 1. The van der Waals surface area contributed by atoms with Gasteiger partial charge in [0, 0.05) is 0 Å². The number of hydrogen-bond acceptors (Lipinski definition) is 6. The molecule has 0 radical (unpaired) electrons. The summed E-state index contributed by atoms with van der Waals surface area (Å²) in [7, 11) is -4.89. The van der Waals surface area contributed by atoms with Crippen molar-refractivity contribution in [2.45, 2.75) is 45.2 Å². The molecule has 1 aromatic rings. The van der Waals surface area contributed by atoms with E-state index < -0.39 is 7.82 Å². The highest BCUT2D eigenvalue weighted by Crippen LogP contribution is 2.19. The Labute approximate surface area is 110 Å². The molecule has 0 spiro atoms. The van der Waals surface area contributed by atoms with Crippen LogP contribution in [0.5, 0.6) is 0 Å². The van der Waals surface area contributed by atoms with Gasteiger partial charge < -0.3 is 20.4 Å². The Morgan fingerprint density at radius 2 is 2.00 bits per heavy atom. The van der Waals surface area contributed by atoms with Crippen molar-refractivity contribution in [1.82, 2.24) is 5.27 Å². The molecule has 2 rings (SSSR count). The van der Waals surface area contributed by atoms with E-state index in [0.29, 0.717) is 18.0 Å². The smallest absolute Gasteiger partial charge is 0.296 e. The number of aromatic nitrogens is 2. The number of nitrogen functional groups attached to an aromatic ring is 1. The summed E-state index contributed by atoms with van der Waals surface area (Å²) in [6.07, 6.45) is 5.40. The number of anilines is 1. The number of nitrogens with zero attached hydrogens (tertiary/aromatic N) is 3. The van der Waals surface area contributed by atoms with Crippen LogP contribution in [0.2, 0.25) is 0 Å². The maximum Gasteiger partial charge on any atom is 0.296 e. The van der Waals surface area contributed by atoms with Crippen LogP contribution in [-0.4, -0.2) is 27.1 Å². The Bertz CT molecular complexity index is 429. The predicted octanol–water partition coefficient (Wildman–Crippen LogP) is -1.12. The van der Waals surface area contributed by atoms with Gasteiger partial charge in [0.15, 0.2) is 0 Å². The van der Waals surface area contributed by atoms with Gasteiger partial charge >= 0.3 is 0 Å². The van der Waals surface area contributed by atoms with Gasteiger partial charge in [-0.1, -0.05) is 0 Å². The highest BCUT2D eigenvalue weighted by molar-refractivity contribution is 7.43. The third-order valence-electron chi connectivity index (χ3n) is 2.86. The van der Waals surface area contributed by atoms with E-state index in [4.69, 9.17) is 29.5 Å². The van der Waals surface area contributed by atoms with E-state index in [1.165, 1.54) is 19.3 Å². The van der Waals surface area contributed by atoms with Crippen molar-refractivity contribution in [3.8, 4) is 0 Å². The third kappa shape index (κ3) is 5.56. The summed E-state index contributed by atoms with van der Waals surface area (Å²) in [5.74, 6) is 0.356. The number of nitrogens with two attached hydrogens (primary N) is 1. The molecule has 10 heteroatoms. The second-order valence-corrected chi connectivity index (χ2v) is 5.51. The molecular formula is C9H19N4O5P. The van der Waals surface area contributed by atoms with Crippen molar-refractivity contribution in [2.75, 3.05) is 10.7 Å². The Morgan fingerprint density at radius 3 is 2.37 bits per heavy atom. The van der Waals surface area contributed by atoms with Gasteiger partial charge in [0.05, 0.1) is 16.9 Å². The predicted molar refractivity (Wildman–Crippen MR) is 64.1 cm³/mol. The Morgan fingerprint density at radius 1 is 1.53 bits per heavy atom. The SMILES string of the molecule is C[C@@H]1CCC[C@H](C)N1[n+]1cc(N)on1.O=P([O-])(O)O. The van der Waals surface area contributed by atoms with Crippen LogP contribution in [0.1, 0.15) is 33.1 Å². The lowest BCUT2D eigenvalue weighted by Gasteiger charge is -2.31. The van der Waals surface area contributed by atoms with Gasteiger partial charge in [0.25, 0.3) is 19.9 Å². The van der Waals surface area contributed by atoms with Gasteiger partial charge in [-0.25, -0.2) is 0 Å². The van der Waals surface area contributed by atoms with Crippen LogP contribution in [0, 0.1) is 0 Å². The zero-order valence-electron chi connectivity index (χ0n) is 10.8. The zero-order chi connectivity index (χ0) is 14.6. The van der Waals surface area contributed by atoms with Crippen molar-refractivity contribution < 1.29 is 28.6 Å². The minimum atomic E-state index is -4.89. The molecule has 0 unspecified atom stereocenters. The average molecular weight is 294 g/mol.